The number of benzene rings is 1. The van der Waals surface area contributed by atoms with E-state index in [0.717, 1.165) is 0 Å². The third-order valence-electron chi connectivity index (χ3n) is 3.14. The van der Waals surface area contributed by atoms with E-state index in [-0.39, 0.29) is 17.7 Å². The lowest BCUT2D eigenvalue weighted by molar-refractivity contribution is -0.136. The molecular weight excluding hydrogens is 320 g/mol. The van der Waals surface area contributed by atoms with Crippen molar-refractivity contribution in [1.29, 1.82) is 0 Å². The van der Waals surface area contributed by atoms with Gasteiger partial charge in [-0.15, -0.1) is 0 Å². The molecule has 1 N–H and O–H groups in total. The molecule has 6 nitrogen and oxygen atoms in total. The summed E-state index contributed by atoms with van der Waals surface area (Å²) in [7, 11) is 1.69. The number of imidazole rings is 1. The Balaban J connectivity index is 2.46. The van der Waals surface area contributed by atoms with Crippen LogP contribution in [0.1, 0.15) is 28.7 Å². The van der Waals surface area contributed by atoms with Gasteiger partial charge in [-0.3, -0.25) is 0 Å². The number of nitrogens with zero attached hydrogens (tertiary/aromatic N) is 2. The number of carbonyl (C=O) groups excluding carboxylic acids is 1. The van der Waals surface area contributed by atoms with Crippen LogP contribution in [-0.2, 0) is 16.6 Å². The van der Waals surface area contributed by atoms with Crippen LogP contribution in [0.3, 0.4) is 0 Å². The maximum atomic E-state index is 12.2. The van der Waals surface area contributed by atoms with Crippen molar-refractivity contribution in [2.75, 3.05) is 6.61 Å². The molecule has 1 heterocycles. The first-order valence-corrected chi connectivity index (χ1v) is 7.21. The van der Waals surface area contributed by atoms with Gasteiger partial charge >= 0.3 is 11.9 Å². The Morgan fingerprint density at radius 3 is 2.48 bits per heavy atom. The van der Waals surface area contributed by atoms with Crippen molar-refractivity contribution in [3.8, 4) is 0 Å². The molecule has 0 aliphatic heterocycles. The number of rotatable bonds is 5. The molecular formula is C16H15ClN2O4. The minimum absolute atomic E-state index is 0.167. The van der Waals surface area contributed by atoms with Crippen LogP contribution in [0.2, 0.25) is 5.15 Å². The van der Waals surface area contributed by atoms with E-state index in [4.69, 9.17) is 21.4 Å². The van der Waals surface area contributed by atoms with Gasteiger partial charge in [0.05, 0.1) is 18.4 Å². The summed E-state index contributed by atoms with van der Waals surface area (Å²) in [6.07, 6.45) is 3.03. The van der Waals surface area contributed by atoms with E-state index in [0.29, 0.717) is 16.5 Å². The number of esters is 1. The van der Waals surface area contributed by atoms with Gasteiger partial charge in [-0.1, -0.05) is 23.7 Å². The van der Waals surface area contributed by atoms with Crippen LogP contribution in [0.4, 0.5) is 0 Å². The first kappa shape index (κ1) is 16.8. The largest absolute Gasteiger partial charge is 0.478 e. The summed E-state index contributed by atoms with van der Waals surface area (Å²) in [6, 6.07) is 6.13. The molecule has 1 aromatic carbocycles. The summed E-state index contributed by atoms with van der Waals surface area (Å²) in [4.78, 5) is 27.2. The predicted octanol–water partition coefficient (Wildman–Crippen LogP) is 2.88. The SMILES string of the molecule is CCOC(=O)/C(=C\c1ccc(C(=O)O)cc1)c1ncc(Cl)n1C. The van der Waals surface area contributed by atoms with E-state index in [1.807, 2.05) is 0 Å². The van der Waals surface area contributed by atoms with Gasteiger partial charge in [-0.2, -0.15) is 0 Å². The molecule has 0 unspecified atom stereocenters. The van der Waals surface area contributed by atoms with Gasteiger partial charge in [0.15, 0.2) is 0 Å². The van der Waals surface area contributed by atoms with E-state index in [2.05, 4.69) is 4.98 Å². The molecule has 2 rings (SSSR count). The Hall–Kier alpha value is -2.60. The highest BCUT2D eigenvalue weighted by molar-refractivity contribution is 6.30. The molecule has 0 saturated carbocycles. The molecule has 2 aromatic rings. The van der Waals surface area contributed by atoms with Gasteiger partial charge < -0.3 is 14.4 Å². The summed E-state index contributed by atoms with van der Waals surface area (Å²) in [5, 5.41) is 9.30. The van der Waals surface area contributed by atoms with Crippen LogP contribution in [0.15, 0.2) is 30.5 Å². The third kappa shape index (κ3) is 3.78. The number of carbonyl (C=O) groups is 2. The van der Waals surface area contributed by atoms with Crippen molar-refractivity contribution < 1.29 is 19.4 Å². The van der Waals surface area contributed by atoms with Crippen molar-refractivity contribution in [1.82, 2.24) is 9.55 Å². The highest BCUT2D eigenvalue weighted by atomic mass is 35.5. The second-order valence-electron chi connectivity index (χ2n) is 4.67. The van der Waals surface area contributed by atoms with Gasteiger partial charge in [-0.25, -0.2) is 14.6 Å². The van der Waals surface area contributed by atoms with Crippen LogP contribution in [-0.4, -0.2) is 33.2 Å². The van der Waals surface area contributed by atoms with E-state index in [1.165, 1.54) is 18.3 Å². The fourth-order valence-electron chi connectivity index (χ4n) is 1.95. The highest BCUT2D eigenvalue weighted by Crippen LogP contribution is 2.22. The average Bonchev–Trinajstić information content (AvgIpc) is 2.85. The topological polar surface area (TPSA) is 81.4 Å². The Labute approximate surface area is 138 Å². The molecule has 0 atom stereocenters. The van der Waals surface area contributed by atoms with Crippen LogP contribution in [0.25, 0.3) is 11.6 Å². The second kappa shape index (κ2) is 7.11. The summed E-state index contributed by atoms with van der Waals surface area (Å²) < 4.78 is 6.62. The minimum atomic E-state index is -1.01. The Morgan fingerprint density at radius 2 is 2.00 bits per heavy atom. The molecule has 0 fully saturated rings. The lowest BCUT2D eigenvalue weighted by Crippen LogP contribution is -2.10. The van der Waals surface area contributed by atoms with Gasteiger partial charge in [-0.05, 0) is 30.7 Å². The number of carboxylic acids is 1. The molecule has 0 amide bonds. The zero-order chi connectivity index (χ0) is 17.0. The van der Waals surface area contributed by atoms with Crippen molar-refractivity contribution in [2.45, 2.75) is 6.92 Å². The van der Waals surface area contributed by atoms with E-state index in [9.17, 15) is 9.59 Å². The number of aromatic nitrogens is 2. The lowest BCUT2D eigenvalue weighted by Gasteiger charge is -2.08. The van der Waals surface area contributed by atoms with Crippen molar-refractivity contribution in [3.63, 3.8) is 0 Å². The van der Waals surface area contributed by atoms with Crippen molar-refractivity contribution in [2.24, 2.45) is 7.05 Å². The second-order valence-corrected chi connectivity index (χ2v) is 5.06. The molecule has 23 heavy (non-hydrogen) atoms. The molecule has 120 valence electrons. The summed E-state index contributed by atoms with van der Waals surface area (Å²) in [6.45, 7) is 1.94. The van der Waals surface area contributed by atoms with Gasteiger partial charge in [0.1, 0.15) is 16.6 Å². The Morgan fingerprint density at radius 1 is 1.35 bits per heavy atom. The zero-order valence-electron chi connectivity index (χ0n) is 12.6. The fraction of sp³-hybridized carbons (Fsp3) is 0.188. The number of hydrogen-bond donors (Lipinski definition) is 1. The minimum Gasteiger partial charge on any atom is -0.478 e. The molecule has 0 aliphatic carbocycles. The first-order valence-electron chi connectivity index (χ1n) is 6.83. The predicted molar refractivity (Wildman–Crippen MR) is 86.1 cm³/mol. The van der Waals surface area contributed by atoms with E-state index < -0.39 is 11.9 Å². The standard InChI is InChI=1S/C16H15ClN2O4/c1-3-23-16(22)12(14-18-9-13(17)19(14)2)8-10-4-6-11(7-5-10)15(20)21/h4-9H,3H2,1-2H3,(H,20,21)/b12-8-. The first-order chi connectivity index (χ1) is 10.9. The van der Waals surface area contributed by atoms with Gasteiger partial charge in [0.2, 0.25) is 0 Å². The third-order valence-corrected chi connectivity index (χ3v) is 3.49. The maximum Gasteiger partial charge on any atom is 0.341 e. The van der Waals surface area contributed by atoms with Crippen molar-refractivity contribution >= 4 is 35.2 Å². The quantitative estimate of drug-likeness (QED) is 0.671. The summed E-state index contributed by atoms with van der Waals surface area (Å²) >= 11 is 5.97. The highest BCUT2D eigenvalue weighted by Gasteiger charge is 2.19. The molecule has 0 radical (unpaired) electrons. The number of aromatic carboxylic acids is 1. The Bertz CT molecular complexity index is 763. The van der Waals surface area contributed by atoms with Crippen LogP contribution in [0.5, 0.6) is 0 Å². The smallest absolute Gasteiger partial charge is 0.341 e. The Kier molecular flexibility index (Phi) is 5.18. The summed E-state index contributed by atoms with van der Waals surface area (Å²) in [5.74, 6) is -1.17. The van der Waals surface area contributed by atoms with E-state index in [1.54, 1.807) is 36.7 Å². The van der Waals surface area contributed by atoms with Gasteiger partial charge in [0, 0.05) is 7.05 Å². The van der Waals surface area contributed by atoms with E-state index >= 15 is 0 Å². The molecule has 1 aromatic heterocycles. The number of hydrogen-bond acceptors (Lipinski definition) is 4. The number of ether oxygens (including phenoxy) is 1. The van der Waals surface area contributed by atoms with Crippen molar-refractivity contribution in [3.05, 3.63) is 52.6 Å². The molecule has 0 saturated heterocycles. The molecule has 7 heteroatoms. The number of carboxylic acid groups (broad SMARTS) is 1. The molecule has 0 bridgehead atoms. The summed E-state index contributed by atoms with van der Waals surface area (Å²) in [5.41, 5.74) is 1.06. The monoisotopic (exact) mass is 334 g/mol. The maximum absolute atomic E-state index is 12.2. The molecule has 0 spiro atoms. The normalized spacial score (nSPS) is 11.3. The zero-order valence-corrected chi connectivity index (χ0v) is 13.4. The van der Waals surface area contributed by atoms with Crippen LogP contribution >= 0.6 is 11.6 Å². The number of halogens is 1. The fourth-order valence-corrected chi connectivity index (χ4v) is 2.08. The average molecular weight is 335 g/mol. The van der Waals surface area contributed by atoms with Crippen LogP contribution in [0, 0.1) is 0 Å². The molecule has 0 aliphatic rings. The van der Waals surface area contributed by atoms with Crippen LogP contribution < -0.4 is 0 Å². The van der Waals surface area contributed by atoms with Gasteiger partial charge in [0.25, 0.3) is 0 Å². The lowest BCUT2D eigenvalue weighted by atomic mass is 10.1.